The van der Waals surface area contributed by atoms with E-state index >= 15 is 0 Å². The molecule has 0 aliphatic rings. The number of carbonyl (C=O) groups excluding carboxylic acids is 1. The van der Waals surface area contributed by atoms with Gasteiger partial charge in [-0.2, -0.15) is 0 Å². The van der Waals surface area contributed by atoms with Crippen LogP contribution in [-0.4, -0.2) is 26.4 Å². The number of carbonyl (C=O) groups is 1. The average Bonchev–Trinajstić information content (AvgIpc) is 3.24. The van der Waals surface area contributed by atoms with Crippen molar-refractivity contribution in [3.63, 3.8) is 0 Å². The second kappa shape index (κ2) is 9.99. The van der Waals surface area contributed by atoms with Gasteiger partial charge >= 0.3 is 0 Å². The minimum absolute atomic E-state index is 0.0450. The molecule has 0 aliphatic carbocycles. The number of rotatable bonds is 6. The maximum absolute atomic E-state index is 13.4. The molecule has 0 atom stereocenters. The summed E-state index contributed by atoms with van der Waals surface area (Å²) in [5.74, 6) is 0.00227. The minimum Gasteiger partial charge on any atom is -0.325 e. The fourth-order valence-electron chi connectivity index (χ4n) is 3.38. The summed E-state index contributed by atoms with van der Waals surface area (Å²) < 4.78 is 15.3. The highest BCUT2D eigenvalue weighted by Gasteiger charge is 2.19. The molecular weight excluding hydrogens is 471 g/mol. The molecule has 3 aromatic carbocycles. The second-order valence-electron chi connectivity index (χ2n) is 8.77. The van der Waals surface area contributed by atoms with E-state index in [0.717, 1.165) is 11.3 Å². The number of aromatic nitrogens is 3. The van der Waals surface area contributed by atoms with Gasteiger partial charge in [0, 0.05) is 16.9 Å². The van der Waals surface area contributed by atoms with Gasteiger partial charge in [0.25, 0.3) is 0 Å². The Bertz CT molecular complexity index is 1300. The topological polar surface area (TPSA) is 59.8 Å². The number of amides is 1. The van der Waals surface area contributed by atoms with Crippen LogP contribution in [0.15, 0.2) is 78.0 Å². The predicted octanol–water partition coefficient (Wildman–Crippen LogP) is 6.76. The first kappa shape index (κ1) is 24.0. The van der Waals surface area contributed by atoms with Gasteiger partial charge in [0.15, 0.2) is 11.0 Å². The largest absolute Gasteiger partial charge is 0.325 e. The molecular formula is C26H24ClFN4OS. The Morgan fingerprint density at radius 2 is 1.74 bits per heavy atom. The summed E-state index contributed by atoms with van der Waals surface area (Å²) >= 11 is 7.07. The van der Waals surface area contributed by atoms with Crippen molar-refractivity contribution in [3.8, 4) is 17.1 Å². The SMILES string of the molecule is CC(C)(C)c1ccc(-c2nnc(SCC(=O)Nc3ccc(F)c(Cl)c3)n2-c2ccccc2)cc1. The number of para-hydroxylation sites is 1. The van der Waals surface area contributed by atoms with Crippen LogP contribution in [0.5, 0.6) is 0 Å². The minimum atomic E-state index is -0.534. The van der Waals surface area contributed by atoms with Crippen LogP contribution in [0.1, 0.15) is 26.3 Å². The number of halogens is 2. The van der Waals surface area contributed by atoms with Gasteiger partial charge in [-0.3, -0.25) is 9.36 Å². The third-order valence-electron chi connectivity index (χ3n) is 5.19. The molecule has 0 bridgehead atoms. The van der Waals surface area contributed by atoms with Crippen molar-refractivity contribution in [2.75, 3.05) is 11.1 Å². The van der Waals surface area contributed by atoms with Crippen LogP contribution in [0.25, 0.3) is 17.1 Å². The quantitative estimate of drug-likeness (QED) is 0.301. The maximum Gasteiger partial charge on any atom is 0.234 e. The lowest BCUT2D eigenvalue weighted by Crippen LogP contribution is -2.14. The molecule has 0 fully saturated rings. The van der Waals surface area contributed by atoms with E-state index in [4.69, 9.17) is 11.6 Å². The van der Waals surface area contributed by atoms with Crippen LogP contribution in [0.2, 0.25) is 5.02 Å². The monoisotopic (exact) mass is 494 g/mol. The zero-order chi connectivity index (χ0) is 24.3. The van der Waals surface area contributed by atoms with Crippen molar-refractivity contribution in [2.24, 2.45) is 0 Å². The molecule has 5 nitrogen and oxygen atoms in total. The summed E-state index contributed by atoms with van der Waals surface area (Å²) in [5, 5.41) is 12.1. The summed E-state index contributed by atoms with van der Waals surface area (Å²) in [5.41, 5.74) is 3.54. The molecule has 1 N–H and O–H groups in total. The van der Waals surface area contributed by atoms with E-state index < -0.39 is 5.82 Å². The van der Waals surface area contributed by atoms with Crippen LogP contribution in [0, 0.1) is 5.82 Å². The van der Waals surface area contributed by atoms with E-state index in [1.807, 2.05) is 47.0 Å². The zero-order valence-electron chi connectivity index (χ0n) is 19.0. The summed E-state index contributed by atoms with van der Waals surface area (Å²) in [6.07, 6.45) is 0. The maximum atomic E-state index is 13.4. The highest BCUT2D eigenvalue weighted by Crippen LogP contribution is 2.30. The molecule has 1 amide bonds. The zero-order valence-corrected chi connectivity index (χ0v) is 20.6. The Labute approximate surface area is 207 Å². The first-order valence-corrected chi connectivity index (χ1v) is 12.1. The standard InChI is InChI=1S/C26H24ClFN4OS/c1-26(2,3)18-11-9-17(10-12-18)24-30-31-25(32(24)20-7-5-4-6-8-20)34-16-23(33)29-19-13-14-22(28)21(27)15-19/h4-15H,16H2,1-3H3,(H,29,33). The third-order valence-corrected chi connectivity index (χ3v) is 6.41. The van der Waals surface area contributed by atoms with E-state index in [-0.39, 0.29) is 22.1 Å². The smallest absolute Gasteiger partial charge is 0.234 e. The number of nitrogens with one attached hydrogen (secondary N) is 1. The molecule has 8 heteroatoms. The van der Waals surface area contributed by atoms with E-state index in [1.54, 1.807) is 0 Å². The Morgan fingerprint density at radius 1 is 1.03 bits per heavy atom. The normalized spacial score (nSPS) is 11.4. The molecule has 0 radical (unpaired) electrons. The van der Waals surface area contributed by atoms with Gasteiger partial charge in [0.2, 0.25) is 5.91 Å². The van der Waals surface area contributed by atoms with Gasteiger partial charge in [-0.25, -0.2) is 4.39 Å². The van der Waals surface area contributed by atoms with Gasteiger partial charge < -0.3 is 5.32 Å². The lowest BCUT2D eigenvalue weighted by Gasteiger charge is -2.19. The van der Waals surface area contributed by atoms with Gasteiger partial charge in [-0.05, 0) is 41.3 Å². The molecule has 0 unspecified atom stereocenters. The Morgan fingerprint density at radius 3 is 2.38 bits per heavy atom. The molecule has 0 spiro atoms. The predicted molar refractivity (Wildman–Crippen MR) is 136 cm³/mol. The molecule has 1 aromatic heterocycles. The molecule has 34 heavy (non-hydrogen) atoms. The number of benzene rings is 3. The average molecular weight is 495 g/mol. The number of nitrogens with zero attached hydrogens (tertiary/aromatic N) is 3. The number of anilines is 1. The lowest BCUT2D eigenvalue weighted by atomic mass is 9.87. The van der Waals surface area contributed by atoms with E-state index in [2.05, 4.69) is 48.4 Å². The molecule has 0 aliphatic heterocycles. The van der Waals surface area contributed by atoms with Crippen molar-refractivity contribution in [1.82, 2.24) is 14.8 Å². The summed E-state index contributed by atoms with van der Waals surface area (Å²) in [7, 11) is 0. The van der Waals surface area contributed by atoms with Crippen molar-refractivity contribution >= 4 is 35.0 Å². The first-order chi connectivity index (χ1) is 16.2. The van der Waals surface area contributed by atoms with Crippen molar-refractivity contribution in [2.45, 2.75) is 31.3 Å². The van der Waals surface area contributed by atoms with Crippen LogP contribution in [-0.2, 0) is 10.2 Å². The number of thioether (sulfide) groups is 1. The van der Waals surface area contributed by atoms with Crippen molar-refractivity contribution in [1.29, 1.82) is 0 Å². The highest BCUT2D eigenvalue weighted by atomic mass is 35.5. The summed E-state index contributed by atoms with van der Waals surface area (Å²) in [6, 6.07) is 22.1. The Kier molecular flexibility index (Phi) is 7.05. The fraction of sp³-hybridized carbons (Fsp3) is 0.192. The molecule has 4 aromatic rings. The summed E-state index contributed by atoms with van der Waals surface area (Å²) in [6.45, 7) is 6.52. The number of hydrogen-bond donors (Lipinski definition) is 1. The van der Waals surface area contributed by atoms with Gasteiger partial charge in [-0.15, -0.1) is 10.2 Å². The first-order valence-electron chi connectivity index (χ1n) is 10.7. The van der Waals surface area contributed by atoms with E-state index in [1.165, 1.54) is 35.5 Å². The number of hydrogen-bond acceptors (Lipinski definition) is 4. The van der Waals surface area contributed by atoms with Gasteiger partial charge in [0.05, 0.1) is 10.8 Å². The fourth-order valence-corrected chi connectivity index (χ4v) is 4.31. The third kappa shape index (κ3) is 5.48. The summed E-state index contributed by atoms with van der Waals surface area (Å²) in [4.78, 5) is 12.5. The van der Waals surface area contributed by atoms with Crippen LogP contribution >= 0.6 is 23.4 Å². The molecule has 0 saturated heterocycles. The highest BCUT2D eigenvalue weighted by molar-refractivity contribution is 7.99. The lowest BCUT2D eigenvalue weighted by molar-refractivity contribution is -0.113. The Balaban J connectivity index is 1.58. The molecule has 174 valence electrons. The van der Waals surface area contributed by atoms with Crippen LogP contribution in [0.3, 0.4) is 0 Å². The second-order valence-corrected chi connectivity index (χ2v) is 10.1. The van der Waals surface area contributed by atoms with Gasteiger partial charge in [-0.1, -0.05) is 86.6 Å². The van der Waals surface area contributed by atoms with Crippen LogP contribution < -0.4 is 5.32 Å². The van der Waals surface area contributed by atoms with Gasteiger partial charge in [0.1, 0.15) is 5.82 Å². The molecule has 0 saturated carbocycles. The molecule has 4 rings (SSSR count). The van der Waals surface area contributed by atoms with Crippen LogP contribution in [0.4, 0.5) is 10.1 Å². The van der Waals surface area contributed by atoms with E-state index in [9.17, 15) is 9.18 Å². The van der Waals surface area contributed by atoms with Crippen molar-refractivity contribution in [3.05, 3.63) is 89.2 Å². The van der Waals surface area contributed by atoms with Crippen molar-refractivity contribution < 1.29 is 9.18 Å². The Hall–Kier alpha value is -3.16. The molecule has 1 heterocycles. The van der Waals surface area contributed by atoms with E-state index in [0.29, 0.717) is 16.7 Å².